The molecule has 0 saturated carbocycles. The molecule has 1 rings (SSSR count). The second-order valence-electron chi connectivity index (χ2n) is 3.14. The Bertz CT molecular complexity index is 320. The number of unbranched alkanes of at least 4 members (excludes halogenated alkanes) is 1. The average Bonchev–Trinajstić information content (AvgIpc) is 2.48. The molecule has 14 heavy (non-hydrogen) atoms. The second-order valence-corrected chi connectivity index (χ2v) is 3.14. The van der Waals surface area contributed by atoms with Gasteiger partial charge in [-0.05, 0) is 13.3 Å². The van der Waals surface area contributed by atoms with Crippen molar-refractivity contribution in [1.29, 1.82) is 0 Å². The Balaban J connectivity index is 2.56. The van der Waals surface area contributed by atoms with Crippen LogP contribution in [-0.4, -0.2) is 27.6 Å². The van der Waals surface area contributed by atoms with E-state index in [0.717, 1.165) is 18.5 Å². The highest BCUT2D eigenvalue weighted by Crippen LogP contribution is 2.04. The summed E-state index contributed by atoms with van der Waals surface area (Å²) in [5.74, 6) is -0.385. The van der Waals surface area contributed by atoms with E-state index in [-0.39, 0.29) is 5.97 Å². The van der Waals surface area contributed by atoms with E-state index in [2.05, 4.69) is 10.3 Å². The van der Waals surface area contributed by atoms with Gasteiger partial charge in [0.05, 0.1) is 12.3 Å². The first-order valence-electron chi connectivity index (χ1n) is 4.70. The van der Waals surface area contributed by atoms with Crippen molar-refractivity contribution >= 4 is 5.97 Å². The maximum Gasteiger partial charge on any atom is 0.360 e. The molecule has 78 valence electrons. The molecule has 0 aliphatic rings. The summed E-state index contributed by atoms with van der Waals surface area (Å²) in [6.45, 7) is 4.28. The van der Waals surface area contributed by atoms with Gasteiger partial charge in [-0.1, -0.05) is 18.6 Å². The summed E-state index contributed by atoms with van der Waals surface area (Å²) in [7, 11) is 1.74. The standard InChI is InChI=1S/C9H15N3O2/c1-4-5-6-14-9(13)8-7(2)12(3)11-10-8/h4-6H2,1-3H3. The molecule has 0 unspecified atom stereocenters. The first-order valence-corrected chi connectivity index (χ1v) is 4.70. The number of carbonyl (C=O) groups is 1. The summed E-state index contributed by atoms with van der Waals surface area (Å²) < 4.78 is 6.56. The Labute approximate surface area is 83.1 Å². The molecular formula is C9H15N3O2. The van der Waals surface area contributed by atoms with Crippen molar-refractivity contribution in [1.82, 2.24) is 15.0 Å². The van der Waals surface area contributed by atoms with Crippen LogP contribution < -0.4 is 0 Å². The van der Waals surface area contributed by atoms with E-state index in [1.54, 1.807) is 18.7 Å². The molecule has 0 amide bonds. The van der Waals surface area contributed by atoms with Gasteiger partial charge in [0.25, 0.3) is 0 Å². The van der Waals surface area contributed by atoms with Gasteiger partial charge in [-0.2, -0.15) is 0 Å². The summed E-state index contributed by atoms with van der Waals surface area (Å²) >= 11 is 0. The monoisotopic (exact) mass is 197 g/mol. The minimum atomic E-state index is -0.385. The summed E-state index contributed by atoms with van der Waals surface area (Å²) in [5, 5.41) is 7.46. The van der Waals surface area contributed by atoms with Gasteiger partial charge in [0.2, 0.25) is 0 Å². The van der Waals surface area contributed by atoms with Gasteiger partial charge < -0.3 is 4.74 Å². The smallest absolute Gasteiger partial charge is 0.360 e. The fraction of sp³-hybridized carbons (Fsp3) is 0.667. The van der Waals surface area contributed by atoms with Crippen molar-refractivity contribution < 1.29 is 9.53 Å². The summed E-state index contributed by atoms with van der Waals surface area (Å²) in [6.07, 6.45) is 1.89. The van der Waals surface area contributed by atoms with Crippen LogP contribution in [0.15, 0.2) is 0 Å². The van der Waals surface area contributed by atoms with Crippen LogP contribution in [0.5, 0.6) is 0 Å². The lowest BCUT2D eigenvalue weighted by Crippen LogP contribution is -2.08. The number of aromatic nitrogens is 3. The molecule has 0 aromatic carbocycles. The minimum Gasteiger partial charge on any atom is -0.461 e. The molecule has 1 heterocycles. The molecule has 0 atom stereocenters. The molecule has 1 aromatic rings. The molecule has 5 heteroatoms. The Morgan fingerprint density at radius 3 is 2.79 bits per heavy atom. The van der Waals surface area contributed by atoms with E-state index >= 15 is 0 Å². The largest absolute Gasteiger partial charge is 0.461 e. The lowest BCUT2D eigenvalue weighted by molar-refractivity contribution is 0.0492. The number of hydrogen-bond donors (Lipinski definition) is 0. The third-order valence-corrected chi connectivity index (χ3v) is 2.03. The lowest BCUT2D eigenvalue weighted by Gasteiger charge is -2.01. The predicted molar refractivity (Wildman–Crippen MR) is 50.9 cm³/mol. The van der Waals surface area contributed by atoms with E-state index in [4.69, 9.17) is 4.74 Å². The Morgan fingerprint density at radius 2 is 2.29 bits per heavy atom. The molecule has 0 aliphatic heterocycles. The molecule has 0 bridgehead atoms. The zero-order valence-electron chi connectivity index (χ0n) is 8.78. The summed E-state index contributed by atoms with van der Waals surface area (Å²) in [5.41, 5.74) is 1.04. The van der Waals surface area contributed by atoms with E-state index < -0.39 is 0 Å². The van der Waals surface area contributed by atoms with Crippen LogP contribution in [0.2, 0.25) is 0 Å². The van der Waals surface area contributed by atoms with Crippen molar-refractivity contribution in [3.05, 3.63) is 11.4 Å². The van der Waals surface area contributed by atoms with Crippen LogP contribution in [-0.2, 0) is 11.8 Å². The Morgan fingerprint density at radius 1 is 1.57 bits per heavy atom. The fourth-order valence-corrected chi connectivity index (χ4v) is 0.971. The molecule has 0 aliphatic carbocycles. The van der Waals surface area contributed by atoms with Gasteiger partial charge in [0, 0.05) is 7.05 Å². The molecule has 0 fully saturated rings. The van der Waals surface area contributed by atoms with Crippen LogP contribution in [0.25, 0.3) is 0 Å². The van der Waals surface area contributed by atoms with E-state index in [9.17, 15) is 4.79 Å². The number of hydrogen-bond acceptors (Lipinski definition) is 4. The van der Waals surface area contributed by atoms with E-state index in [1.165, 1.54) is 0 Å². The van der Waals surface area contributed by atoms with Crippen LogP contribution in [0.4, 0.5) is 0 Å². The highest BCUT2D eigenvalue weighted by molar-refractivity contribution is 5.88. The van der Waals surface area contributed by atoms with Gasteiger partial charge >= 0.3 is 5.97 Å². The number of nitrogens with zero attached hydrogens (tertiary/aromatic N) is 3. The molecule has 5 nitrogen and oxygen atoms in total. The predicted octanol–water partition coefficient (Wildman–Crippen LogP) is 1.08. The van der Waals surface area contributed by atoms with Crippen LogP contribution in [0.1, 0.15) is 35.9 Å². The van der Waals surface area contributed by atoms with Crippen LogP contribution >= 0.6 is 0 Å². The lowest BCUT2D eigenvalue weighted by atomic mass is 10.3. The van der Waals surface area contributed by atoms with Gasteiger partial charge in [-0.15, -0.1) is 5.10 Å². The maximum absolute atomic E-state index is 11.4. The third-order valence-electron chi connectivity index (χ3n) is 2.03. The molecule has 0 N–H and O–H groups in total. The van der Waals surface area contributed by atoms with Crippen molar-refractivity contribution in [2.75, 3.05) is 6.61 Å². The minimum absolute atomic E-state index is 0.309. The number of aryl methyl sites for hydroxylation is 1. The van der Waals surface area contributed by atoms with Crippen molar-refractivity contribution in [3.8, 4) is 0 Å². The number of ether oxygens (including phenoxy) is 1. The molecule has 1 aromatic heterocycles. The highest BCUT2D eigenvalue weighted by atomic mass is 16.5. The molecule has 0 spiro atoms. The first-order chi connectivity index (χ1) is 6.66. The topological polar surface area (TPSA) is 57.0 Å². The molecular weight excluding hydrogens is 182 g/mol. The van der Waals surface area contributed by atoms with E-state index in [1.807, 2.05) is 6.92 Å². The second kappa shape index (κ2) is 4.74. The van der Waals surface area contributed by atoms with Crippen molar-refractivity contribution in [2.45, 2.75) is 26.7 Å². The van der Waals surface area contributed by atoms with E-state index in [0.29, 0.717) is 12.3 Å². The normalized spacial score (nSPS) is 10.2. The van der Waals surface area contributed by atoms with Crippen molar-refractivity contribution in [3.63, 3.8) is 0 Å². The van der Waals surface area contributed by atoms with Crippen LogP contribution in [0, 0.1) is 6.92 Å². The van der Waals surface area contributed by atoms with Crippen molar-refractivity contribution in [2.24, 2.45) is 7.05 Å². The average molecular weight is 197 g/mol. The summed E-state index contributed by atoms with van der Waals surface area (Å²) in [4.78, 5) is 11.4. The maximum atomic E-state index is 11.4. The fourth-order valence-electron chi connectivity index (χ4n) is 0.971. The molecule has 0 radical (unpaired) electrons. The highest BCUT2D eigenvalue weighted by Gasteiger charge is 2.15. The first kappa shape index (κ1) is 10.7. The Kier molecular flexibility index (Phi) is 3.62. The summed E-state index contributed by atoms with van der Waals surface area (Å²) in [6, 6.07) is 0. The van der Waals surface area contributed by atoms with Gasteiger partial charge in [0.1, 0.15) is 0 Å². The van der Waals surface area contributed by atoms with Crippen LogP contribution in [0.3, 0.4) is 0 Å². The molecule has 0 saturated heterocycles. The third kappa shape index (κ3) is 2.31. The van der Waals surface area contributed by atoms with Gasteiger partial charge in [-0.3, -0.25) is 4.68 Å². The number of rotatable bonds is 4. The zero-order valence-corrected chi connectivity index (χ0v) is 8.78. The van der Waals surface area contributed by atoms with Gasteiger partial charge in [-0.25, -0.2) is 4.79 Å². The SMILES string of the molecule is CCCCOC(=O)c1nnn(C)c1C. The number of carbonyl (C=O) groups excluding carboxylic acids is 1. The van der Waals surface area contributed by atoms with Gasteiger partial charge in [0.15, 0.2) is 5.69 Å². The quantitative estimate of drug-likeness (QED) is 0.535. The Hall–Kier alpha value is -1.39. The zero-order chi connectivity index (χ0) is 10.6. The number of esters is 1.